The van der Waals surface area contributed by atoms with Gasteiger partial charge in [-0.15, -0.1) is 0 Å². The van der Waals surface area contributed by atoms with E-state index in [4.69, 9.17) is 0 Å². The first-order valence-corrected chi connectivity index (χ1v) is 9.73. The van der Waals surface area contributed by atoms with Crippen LogP contribution in [0.2, 0.25) is 0 Å². The minimum absolute atomic E-state index is 0.128. The first-order chi connectivity index (χ1) is 12.8. The predicted molar refractivity (Wildman–Crippen MR) is 108 cm³/mol. The molecule has 1 N–H and O–H groups in total. The molecular weight excluding hydrogens is 365 g/mol. The Bertz CT molecular complexity index is 691. The van der Waals surface area contributed by atoms with Crippen LogP contribution in [0.15, 0.2) is 30.0 Å². The number of aryl methyl sites for hydroxylation is 1. The fourth-order valence-corrected chi connectivity index (χ4v) is 2.87. The van der Waals surface area contributed by atoms with Gasteiger partial charge in [0.25, 0.3) is 0 Å². The molecule has 1 aliphatic rings. The minimum Gasteiger partial charge on any atom is -0.327 e. The zero-order valence-electron chi connectivity index (χ0n) is 17.9. The van der Waals surface area contributed by atoms with Crippen LogP contribution in [0.5, 0.6) is 0 Å². The number of alkyl halides is 3. The van der Waals surface area contributed by atoms with Crippen LogP contribution >= 0.6 is 0 Å². The highest BCUT2D eigenvalue weighted by Gasteiger charge is 2.32. The lowest BCUT2D eigenvalue weighted by molar-refractivity contribution is -0.137. The van der Waals surface area contributed by atoms with Crippen LogP contribution < -0.4 is 5.32 Å². The molecule has 1 aliphatic heterocycles. The highest BCUT2D eigenvalue weighted by Crippen LogP contribution is 2.31. The molecule has 2 rings (SSSR count). The Morgan fingerprint density at radius 3 is 2.25 bits per heavy atom. The van der Waals surface area contributed by atoms with Crippen molar-refractivity contribution in [2.24, 2.45) is 11.8 Å². The Labute approximate surface area is 167 Å². The second-order valence-corrected chi connectivity index (χ2v) is 8.44. The maximum atomic E-state index is 13.0. The maximum Gasteiger partial charge on any atom is 0.416 e. The fraction of sp³-hybridized carbons (Fsp3) is 0.591. The summed E-state index contributed by atoms with van der Waals surface area (Å²) in [4.78, 5) is 14.0. The van der Waals surface area contributed by atoms with Gasteiger partial charge in [-0.1, -0.05) is 52.3 Å². The summed E-state index contributed by atoms with van der Waals surface area (Å²) in [7, 11) is 0. The van der Waals surface area contributed by atoms with Gasteiger partial charge >= 0.3 is 6.18 Å². The third kappa shape index (κ3) is 8.05. The maximum absolute atomic E-state index is 13.0. The Hall–Kier alpha value is -1.82. The third-order valence-corrected chi connectivity index (χ3v) is 3.97. The van der Waals surface area contributed by atoms with Gasteiger partial charge in [0.15, 0.2) is 0 Å². The first-order valence-electron chi connectivity index (χ1n) is 9.73. The van der Waals surface area contributed by atoms with E-state index in [1.54, 1.807) is 19.9 Å². The van der Waals surface area contributed by atoms with E-state index in [0.717, 1.165) is 23.7 Å². The topological polar surface area (TPSA) is 32.3 Å². The molecule has 3 nitrogen and oxygen atoms in total. The van der Waals surface area contributed by atoms with Crippen molar-refractivity contribution in [3.63, 3.8) is 0 Å². The van der Waals surface area contributed by atoms with Gasteiger partial charge in [0.2, 0.25) is 5.91 Å². The zero-order valence-corrected chi connectivity index (χ0v) is 17.9. The van der Waals surface area contributed by atoms with Crippen molar-refractivity contribution in [3.8, 4) is 0 Å². The molecule has 1 amide bonds. The molecule has 0 radical (unpaired) electrons. The van der Waals surface area contributed by atoms with Crippen LogP contribution in [-0.4, -0.2) is 23.4 Å². The van der Waals surface area contributed by atoms with Crippen molar-refractivity contribution in [2.75, 3.05) is 6.54 Å². The number of nitrogens with zero attached hydrogens (tertiary/aromatic N) is 1. The molecule has 1 saturated heterocycles. The highest BCUT2D eigenvalue weighted by molar-refractivity contribution is 5.84. The van der Waals surface area contributed by atoms with E-state index in [0.29, 0.717) is 24.2 Å². The molecule has 0 aromatic heterocycles. The molecule has 1 fully saturated rings. The fourth-order valence-electron chi connectivity index (χ4n) is 2.87. The van der Waals surface area contributed by atoms with Gasteiger partial charge in [-0.25, -0.2) is 0 Å². The number of hydrogen-bond donors (Lipinski definition) is 1. The van der Waals surface area contributed by atoms with Crippen molar-refractivity contribution in [2.45, 2.75) is 67.2 Å². The summed E-state index contributed by atoms with van der Waals surface area (Å²) < 4.78 is 39.0. The molecule has 6 heteroatoms. The Kier molecular flexibility index (Phi) is 8.74. The Balaban J connectivity index is 0.000000892. The lowest BCUT2D eigenvalue weighted by Gasteiger charge is -2.34. The van der Waals surface area contributed by atoms with Crippen molar-refractivity contribution in [3.05, 3.63) is 46.7 Å². The summed E-state index contributed by atoms with van der Waals surface area (Å²) in [5.74, 6) is 0.989. The molecule has 1 aromatic rings. The van der Waals surface area contributed by atoms with Gasteiger partial charge in [-0.05, 0) is 43.4 Å². The molecule has 158 valence electrons. The van der Waals surface area contributed by atoms with Crippen molar-refractivity contribution in [1.29, 1.82) is 0 Å². The van der Waals surface area contributed by atoms with Crippen molar-refractivity contribution < 1.29 is 18.0 Å². The van der Waals surface area contributed by atoms with Crippen molar-refractivity contribution >= 4 is 5.91 Å². The van der Waals surface area contributed by atoms with E-state index in [1.807, 2.05) is 24.8 Å². The SMILES string of the molecule is CC(C)C.Cc1cc(CN2C/C(=C/C(C)C)NC(=O)C2C)cc(C(F)(F)F)c1. The quantitative estimate of drug-likeness (QED) is 0.725. The number of carbonyl (C=O) groups excluding carboxylic acids is 1. The van der Waals surface area contributed by atoms with E-state index < -0.39 is 11.7 Å². The molecule has 1 unspecified atom stereocenters. The largest absolute Gasteiger partial charge is 0.416 e. The second kappa shape index (κ2) is 10.1. The number of carbonyl (C=O) groups is 1. The number of nitrogens with one attached hydrogen (secondary N) is 1. The average molecular weight is 399 g/mol. The van der Waals surface area contributed by atoms with Gasteiger partial charge in [0.05, 0.1) is 11.6 Å². The molecule has 0 saturated carbocycles. The van der Waals surface area contributed by atoms with Crippen LogP contribution in [0.1, 0.15) is 58.2 Å². The van der Waals surface area contributed by atoms with Gasteiger partial charge < -0.3 is 5.32 Å². The third-order valence-electron chi connectivity index (χ3n) is 3.97. The number of piperazine rings is 1. The lowest BCUT2D eigenvalue weighted by Crippen LogP contribution is -2.52. The highest BCUT2D eigenvalue weighted by atomic mass is 19.4. The van der Waals surface area contributed by atoms with Crippen LogP contribution in [0, 0.1) is 18.8 Å². The van der Waals surface area contributed by atoms with Gasteiger partial charge in [0.1, 0.15) is 0 Å². The second-order valence-electron chi connectivity index (χ2n) is 8.44. The summed E-state index contributed by atoms with van der Waals surface area (Å²) in [6.45, 7) is 14.8. The molecule has 0 spiro atoms. The molecule has 1 heterocycles. The zero-order chi connectivity index (χ0) is 21.6. The predicted octanol–water partition coefficient (Wildman–Crippen LogP) is 5.54. The molecule has 28 heavy (non-hydrogen) atoms. The minimum atomic E-state index is -4.37. The van der Waals surface area contributed by atoms with Crippen LogP contribution in [0.4, 0.5) is 13.2 Å². The van der Waals surface area contributed by atoms with E-state index >= 15 is 0 Å². The van der Waals surface area contributed by atoms with Gasteiger partial charge in [-0.3, -0.25) is 9.69 Å². The molecular formula is C22H33F3N2O. The smallest absolute Gasteiger partial charge is 0.327 e. The summed E-state index contributed by atoms with van der Waals surface area (Å²) in [5, 5.41) is 2.86. The molecule has 1 aromatic carbocycles. The van der Waals surface area contributed by atoms with Crippen LogP contribution in [0.25, 0.3) is 0 Å². The Morgan fingerprint density at radius 1 is 1.18 bits per heavy atom. The van der Waals surface area contributed by atoms with E-state index in [-0.39, 0.29) is 17.9 Å². The lowest BCUT2D eigenvalue weighted by atomic mass is 10.0. The number of benzene rings is 1. The monoisotopic (exact) mass is 398 g/mol. The number of hydrogen-bond acceptors (Lipinski definition) is 2. The van der Waals surface area contributed by atoms with E-state index in [2.05, 4.69) is 26.1 Å². The number of halogens is 3. The molecule has 0 bridgehead atoms. The first kappa shape index (κ1) is 24.2. The van der Waals surface area contributed by atoms with E-state index in [9.17, 15) is 18.0 Å². The summed E-state index contributed by atoms with van der Waals surface area (Å²) >= 11 is 0. The summed E-state index contributed by atoms with van der Waals surface area (Å²) in [6, 6.07) is 3.65. The van der Waals surface area contributed by atoms with Crippen LogP contribution in [-0.2, 0) is 17.5 Å². The Morgan fingerprint density at radius 2 is 1.75 bits per heavy atom. The average Bonchev–Trinajstić information content (AvgIpc) is 2.49. The normalized spacial score (nSPS) is 19.6. The number of allylic oxidation sites excluding steroid dienone is 1. The van der Waals surface area contributed by atoms with Crippen molar-refractivity contribution in [1.82, 2.24) is 10.2 Å². The standard InChI is InChI=1S/C18H23F3N2O.C4H10/c1-11(2)5-16-10-23(13(4)17(24)22-16)9-14-6-12(3)7-15(8-14)18(19,20)21;1-4(2)3/h5-8,11,13H,9-10H2,1-4H3,(H,22,24);4H,1-3H3/b16-5-;. The molecule has 1 atom stereocenters. The van der Waals surface area contributed by atoms with Gasteiger partial charge in [0, 0.05) is 18.8 Å². The number of amides is 1. The van der Waals surface area contributed by atoms with Crippen LogP contribution in [0.3, 0.4) is 0 Å². The van der Waals surface area contributed by atoms with Gasteiger partial charge in [-0.2, -0.15) is 13.2 Å². The summed E-state index contributed by atoms with van der Waals surface area (Å²) in [6.07, 6.45) is -2.40. The summed E-state index contributed by atoms with van der Waals surface area (Å²) in [5.41, 5.74) is 1.28. The van der Waals surface area contributed by atoms with E-state index in [1.165, 1.54) is 0 Å². The number of rotatable bonds is 3. The molecule has 0 aliphatic carbocycles.